The Bertz CT molecular complexity index is 838. The molecule has 5 heteroatoms. The molecule has 0 fully saturated rings. The molecule has 0 atom stereocenters. The Balaban J connectivity index is 2.02. The Morgan fingerprint density at radius 1 is 1.18 bits per heavy atom. The lowest BCUT2D eigenvalue weighted by atomic mass is 10.1. The Labute approximate surface area is 126 Å². The second kappa shape index (κ2) is 5.44. The maximum Gasteiger partial charge on any atom is 0.159 e. The Kier molecular flexibility index (Phi) is 3.47. The minimum absolute atomic E-state index is 0.126. The van der Waals surface area contributed by atoms with Crippen LogP contribution in [0, 0.1) is 5.82 Å². The van der Waals surface area contributed by atoms with Gasteiger partial charge in [0, 0.05) is 23.0 Å². The molecule has 0 aliphatic heterocycles. The maximum absolute atomic E-state index is 14.0. The van der Waals surface area contributed by atoms with E-state index in [-0.39, 0.29) is 17.1 Å². The summed E-state index contributed by atoms with van der Waals surface area (Å²) in [5.41, 5.74) is 1.95. The van der Waals surface area contributed by atoms with Crippen LogP contribution in [0.1, 0.15) is 17.3 Å². The fraction of sp³-hybridized carbons (Fsp3) is 0.0588. The van der Waals surface area contributed by atoms with Crippen LogP contribution >= 0.6 is 0 Å². The Hall–Kier alpha value is -2.95. The summed E-state index contributed by atoms with van der Waals surface area (Å²) in [7, 11) is 0. The number of phenols is 1. The van der Waals surface area contributed by atoms with Gasteiger partial charge in [-0.2, -0.15) is 0 Å². The van der Waals surface area contributed by atoms with Crippen LogP contribution in [0.4, 0.5) is 4.39 Å². The second-order valence-electron chi connectivity index (χ2n) is 4.93. The Morgan fingerprint density at radius 2 is 1.91 bits per heavy atom. The van der Waals surface area contributed by atoms with Crippen molar-refractivity contribution < 1.29 is 14.3 Å². The molecule has 0 spiro atoms. The molecular formula is C17H13FN2O2. The van der Waals surface area contributed by atoms with Crippen LogP contribution < -0.4 is 0 Å². The first-order valence-electron chi connectivity index (χ1n) is 6.69. The van der Waals surface area contributed by atoms with Crippen molar-refractivity contribution in [1.82, 2.24) is 9.55 Å². The SMILES string of the molecule is CC(=O)c1ccc(F)c(-c2cn(-c3ccc(O)cc3)cn2)c1. The maximum atomic E-state index is 14.0. The lowest BCUT2D eigenvalue weighted by molar-refractivity contribution is 0.101. The number of imidazole rings is 1. The zero-order valence-electron chi connectivity index (χ0n) is 11.8. The van der Waals surface area contributed by atoms with Gasteiger partial charge in [-0.15, -0.1) is 0 Å². The monoisotopic (exact) mass is 296 g/mol. The quantitative estimate of drug-likeness (QED) is 0.751. The van der Waals surface area contributed by atoms with Gasteiger partial charge in [0.05, 0.1) is 12.0 Å². The number of hydrogen-bond donors (Lipinski definition) is 1. The van der Waals surface area contributed by atoms with Crippen molar-refractivity contribution in [3.63, 3.8) is 0 Å². The predicted molar refractivity (Wildman–Crippen MR) is 80.6 cm³/mol. The van der Waals surface area contributed by atoms with E-state index < -0.39 is 5.82 Å². The average Bonchev–Trinajstić information content (AvgIpc) is 2.98. The normalized spacial score (nSPS) is 10.6. The number of Topliss-reactive ketones (excluding diaryl/α,β-unsaturated/α-hetero) is 1. The number of halogens is 1. The van der Waals surface area contributed by atoms with Gasteiger partial charge in [-0.05, 0) is 49.4 Å². The number of phenolic OH excluding ortho intramolecular Hbond substituents is 1. The van der Waals surface area contributed by atoms with E-state index in [0.717, 1.165) is 5.69 Å². The standard InChI is InChI=1S/C17H13FN2O2/c1-11(21)12-2-7-16(18)15(8-12)17-9-20(10-19-17)13-3-5-14(22)6-4-13/h2-10,22H,1H3. The van der Waals surface area contributed by atoms with E-state index in [9.17, 15) is 14.3 Å². The van der Waals surface area contributed by atoms with Crippen LogP contribution in [0.5, 0.6) is 5.75 Å². The summed E-state index contributed by atoms with van der Waals surface area (Å²) < 4.78 is 15.7. The van der Waals surface area contributed by atoms with Crippen molar-refractivity contribution in [3.05, 3.63) is 66.4 Å². The minimum atomic E-state index is -0.430. The highest BCUT2D eigenvalue weighted by Crippen LogP contribution is 2.24. The van der Waals surface area contributed by atoms with Gasteiger partial charge in [0.15, 0.2) is 5.78 Å². The Morgan fingerprint density at radius 3 is 2.59 bits per heavy atom. The molecule has 3 rings (SSSR count). The van der Waals surface area contributed by atoms with Crippen molar-refractivity contribution in [2.75, 3.05) is 0 Å². The molecule has 3 aromatic rings. The number of carbonyl (C=O) groups excluding carboxylic acids is 1. The fourth-order valence-corrected chi connectivity index (χ4v) is 2.17. The summed E-state index contributed by atoms with van der Waals surface area (Å²) in [5, 5.41) is 9.30. The summed E-state index contributed by atoms with van der Waals surface area (Å²) >= 11 is 0. The first kappa shape index (κ1) is 14.0. The highest BCUT2D eigenvalue weighted by atomic mass is 19.1. The molecule has 1 aromatic heterocycles. The molecule has 22 heavy (non-hydrogen) atoms. The zero-order chi connectivity index (χ0) is 15.7. The molecule has 0 aliphatic rings. The van der Waals surface area contributed by atoms with E-state index >= 15 is 0 Å². The van der Waals surface area contributed by atoms with Crippen molar-refractivity contribution >= 4 is 5.78 Å². The second-order valence-corrected chi connectivity index (χ2v) is 4.93. The van der Waals surface area contributed by atoms with Gasteiger partial charge in [-0.1, -0.05) is 0 Å². The molecule has 0 saturated heterocycles. The van der Waals surface area contributed by atoms with Crippen LogP contribution in [0.15, 0.2) is 55.0 Å². The summed E-state index contributed by atoms with van der Waals surface area (Å²) in [6.45, 7) is 1.44. The van der Waals surface area contributed by atoms with Gasteiger partial charge in [0.1, 0.15) is 11.6 Å². The van der Waals surface area contributed by atoms with Gasteiger partial charge in [0.2, 0.25) is 0 Å². The number of nitrogens with zero attached hydrogens (tertiary/aromatic N) is 2. The minimum Gasteiger partial charge on any atom is -0.508 e. The third kappa shape index (κ3) is 2.61. The number of ketones is 1. The number of carbonyl (C=O) groups is 1. The van der Waals surface area contributed by atoms with Crippen molar-refractivity contribution in [3.8, 4) is 22.7 Å². The third-order valence-corrected chi connectivity index (χ3v) is 3.38. The molecule has 2 aromatic carbocycles. The summed E-state index contributed by atoms with van der Waals surface area (Å²) in [6, 6.07) is 10.8. The lowest BCUT2D eigenvalue weighted by Gasteiger charge is -2.03. The smallest absolute Gasteiger partial charge is 0.159 e. The number of benzene rings is 2. The van der Waals surface area contributed by atoms with E-state index in [2.05, 4.69) is 4.98 Å². The van der Waals surface area contributed by atoms with E-state index in [4.69, 9.17) is 0 Å². The summed E-state index contributed by atoms with van der Waals surface area (Å²) in [5.74, 6) is -0.385. The number of hydrogen-bond acceptors (Lipinski definition) is 3. The van der Waals surface area contributed by atoms with Crippen LogP contribution in [0.2, 0.25) is 0 Å². The zero-order valence-corrected chi connectivity index (χ0v) is 11.8. The van der Waals surface area contributed by atoms with Crippen LogP contribution in [0.3, 0.4) is 0 Å². The van der Waals surface area contributed by atoms with Crippen LogP contribution in [0.25, 0.3) is 16.9 Å². The average molecular weight is 296 g/mol. The molecule has 0 radical (unpaired) electrons. The lowest BCUT2D eigenvalue weighted by Crippen LogP contribution is -1.94. The van der Waals surface area contributed by atoms with Crippen molar-refractivity contribution in [2.24, 2.45) is 0 Å². The first-order valence-corrected chi connectivity index (χ1v) is 6.69. The van der Waals surface area contributed by atoms with Crippen molar-refractivity contribution in [1.29, 1.82) is 0 Å². The highest BCUT2D eigenvalue weighted by Gasteiger charge is 2.11. The molecule has 1 N–H and O–H groups in total. The molecule has 0 saturated carbocycles. The van der Waals surface area contributed by atoms with Gasteiger partial charge in [0.25, 0.3) is 0 Å². The molecule has 110 valence electrons. The number of aromatic nitrogens is 2. The molecule has 0 bridgehead atoms. The molecule has 0 unspecified atom stereocenters. The molecule has 1 heterocycles. The number of aromatic hydroxyl groups is 1. The molecule has 0 amide bonds. The molecule has 4 nitrogen and oxygen atoms in total. The van der Waals surface area contributed by atoms with Crippen molar-refractivity contribution in [2.45, 2.75) is 6.92 Å². The van der Waals surface area contributed by atoms with E-state index in [1.807, 2.05) is 0 Å². The van der Waals surface area contributed by atoms with E-state index in [1.165, 1.54) is 25.1 Å². The van der Waals surface area contributed by atoms with Gasteiger partial charge in [-0.3, -0.25) is 4.79 Å². The van der Waals surface area contributed by atoms with Crippen LogP contribution in [-0.2, 0) is 0 Å². The largest absolute Gasteiger partial charge is 0.508 e. The third-order valence-electron chi connectivity index (χ3n) is 3.38. The number of rotatable bonds is 3. The van der Waals surface area contributed by atoms with Gasteiger partial charge < -0.3 is 9.67 Å². The topological polar surface area (TPSA) is 55.1 Å². The highest BCUT2D eigenvalue weighted by molar-refractivity contribution is 5.95. The van der Waals surface area contributed by atoms with Crippen LogP contribution in [-0.4, -0.2) is 20.4 Å². The van der Waals surface area contributed by atoms with Gasteiger partial charge >= 0.3 is 0 Å². The van der Waals surface area contributed by atoms with Gasteiger partial charge in [-0.25, -0.2) is 9.37 Å². The summed E-state index contributed by atoms with van der Waals surface area (Å²) in [4.78, 5) is 15.6. The fourth-order valence-electron chi connectivity index (χ4n) is 2.17. The molecule has 0 aliphatic carbocycles. The molecular weight excluding hydrogens is 283 g/mol. The van der Waals surface area contributed by atoms with E-state index in [1.54, 1.807) is 41.4 Å². The van der Waals surface area contributed by atoms with E-state index in [0.29, 0.717) is 11.3 Å². The predicted octanol–water partition coefficient (Wildman–Crippen LogP) is 3.59. The summed E-state index contributed by atoms with van der Waals surface area (Å²) in [6.07, 6.45) is 3.23. The first-order chi connectivity index (χ1) is 10.5.